The van der Waals surface area contributed by atoms with Crippen molar-refractivity contribution in [3.8, 4) is 5.75 Å². The van der Waals surface area contributed by atoms with Crippen molar-refractivity contribution in [3.05, 3.63) is 29.8 Å². The molecule has 1 aliphatic heterocycles. The number of benzene rings is 1. The number of amides is 1. The highest BCUT2D eigenvalue weighted by Gasteiger charge is 2.30. The van der Waals surface area contributed by atoms with Gasteiger partial charge in [0, 0.05) is 19.1 Å². The van der Waals surface area contributed by atoms with Crippen LogP contribution in [0.15, 0.2) is 24.3 Å². The smallest absolute Gasteiger partial charge is 0.407 e. The number of piperidine rings is 1. The van der Waals surface area contributed by atoms with Crippen LogP contribution in [0.4, 0.5) is 4.79 Å². The van der Waals surface area contributed by atoms with Crippen LogP contribution >= 0.6 is 0 Å². The molecule has 7 nitrogen and oxygen atoms in total. The Labute approximate surface area is 155 Å². The van der Waals surface area contributed by atoms with Gasteiger partial charge in [-0.2, -0.15) is 4.31 Å². The van der Waals surface area contributed by atoms with Gasteiger partial charge < -0.3 is 14.8 Å². The average Bonchev–Trinajstić information content (AvgIpc) is 2.53. The second kappa shape index (κ2) is 8.26. The third-order valence-corrected chi connectivity index (χ3v) is 5.82. The normalized spacial score (nSPS) is 19.0. The number of hydrogen-bond donors (Lipinski definition) is 1. The van der Waals surface area contributed by atoms with Gasteiger partial charge in [-0.05, 0) is 51.3 Å². The van der Waals surface area contributed by atoms with Crippen LogP contribution in [-0.2, 0) is 20.5 Å². The summed E-state index contributed by atoms with van der Waals surface area (Å²) in [7, 11) is -1.89. The number of methoxy groups -OCH3 is 1. The van der Waals surface area contributed by atoms with E-state index in [1.165, 1.54) is 4.31 Å². The summed E-state index contributed by atoms with van der Waals surface area (Å²) in [5.41, 5.74) is 0.117. The van der Waals surface area contributed by atoms with E-state index in [1.54, 1.807) is 52.1 Å². The highest BCUT2D eigenvalue weighted by Crippen LogP contribution is 2.20. The summed E-state index contributed by atoms with van der Waals surface area (Å²) in [6, 6.07) is 6.74. The summed E-state index contributed by atoms with van der Waals surface area (Å²) in [5, 5.41) is 2.77. The molecule has 0 bridgehead atoms. The van der Waals surface area contributed by atoms with Crippen molar-refractivity contribution < 1.29 is 22.7 Å². The molecular formula is C18H28N2O5S. The lowest BCUT2D eigenvalue weighted by Gasteiger charge is -2.32. The molecule has 1 aromatic carbocycles. The fourth-order valence-corrected chi connectivity index (χ4v) is 4.42. The molecule has 0 aromatic heterocycles. The molecular weight excluding hydrogens is 356 g/mol. The summed E-state index contributed by atoms with van der Waals surface area (Å²) < 4.78 is 37.2. The molecule has 0 aliphatic carbocycles. The maximum atomic E-state index is 12.7. The molecule has 0 saturated carbocycles. The second-order valence-corrected chi connectivity index (χ2v) is 9.42. The van der Waals surface area contributed by atoms with Gasteiger partial charge in [0.1, 0.15) is 11.4 Å². The first kappa shape index (κ1) is 20.5. The fraction of sp³-hybridized carbons (Fsp3) is 0.611. The molecule has 1 N–H and O–H groups in total. The van der Waals surface area contributed by atoms with Crippen molar-refractivity contribution in [2.24, 2.45) is 0 Å². The van der Waals surface area contributed by atoms with E-state index in [1.807, 2.05) is 0 Å². The monoisotopic (exact) mass is 384 g/mol. The number of carbonyl (C=O) groups is 1. The second-order valence-electron chi connectivity index (χ2n) is 7.45. The first-order valence-electron chi connectivity index (χ1n) is 8.69. The number of rotatable bonds is 5. The molecule has 0 unspecified atom stereocenters. The summed E-state index contributed by atoms with van der Waals surface area (Å²) in [4.78, 5) is 11.9. The molecule has 2 rings (SSSR count). The van der Waals surface area contributed by atoms with Crippen molar-refractivity contribution in [2.45, 2.75) is 51.0 Å². The Hall–Kier alpha value is -1.80. The zero-order valence-electron chi connectivity index (χ0n) is 15.8. The van der Waals surface area contributed by atoms with Gasteiger partial charge in [-0.3, -0.25) is 0 Å². The summed E-state index contributed by atoms with van der Waals surface area (Å²) in [5.74, 6) is 0.613. The van der Waals surface area contributed by atoms with Gasteiger partial charge in [0.2, 0.25) is 10.0 Å². The van der Waals surface area contributed by atoms with Crippen LogP contribution in [0.2, 0.25) is 0 Å². The Morgan fingerprint density at radius 2 is 1.92 bits per heavy atom. The SMILES string of the molecule is COc1ccc(CS(=O)(=O)N2CCC[C@H](NC(=O)OC(C)(C)C)C2)cc1. The molecule has 1 fully saturated rings. The van der Waals surface area contributed by atoms with E-state index < -0.39 is 21.7 Å². The Bertz CT molecular complexity index is 710. The Morgan fingerprint density at radius 1 is 1.27 bits per heavy atom. The molecule has 0 spiro atoms. The number of carbonyl (C=O) groups excluding carboxylic acids is 1. The highest BCUT2D eigenvalue weighted by atomic mass is 32.2. The third-order valence-electron chi connectivity index (χ3n) is 4.01. The summed E-state index contributed by atoms with van der Waals surface area (Å²) in [6.45, 7) is 6.10. The number of hydrogen-bond acceptors (Lipinski definition) is 5. The van der Waals surface area contributed by atoms with E-state index >= 15 is 0 Å². The zero-order valence-corrected chi connectivity index (χ0v) is 16.6. The first-order chi connectivity index (χ1) is 12.1. The number of alkyl carbamates (subject to hydrolysis) is 1. The van der Waals surface area contributed by atoms with Gasteiger partial charge in [0.05, 0.1) is 12.9 Å². The van der Waals surface area contributed by atoms with E-state index in [0.717, 1.165) is 6.42 Å². The first-order valence-corrected chi connectivity index (χ1v) is 10.3. The topological polar surface area (TPSA) is 84.9 Å². The summed E-state index contributed by atoms with van der Waals surface area (Å²) in [6.07, 6.45) is 0.910. The molecule has 1 aromatic rings. The molecule has 1 heterocycles. The predicted octanol–water partition coefficient (Wildman–Crippen LogP) is 2.51. The van der Waals surface area contributed by atoms with Crippen molar-refractivity contribution in [3.63, 3.8) is 0 Å². The average molecular weight is 384 g/mol. The highest BCUT2D eigenvalue weighted by molar-refractivity contribution is 7.88. The van der Waals surface area contributed by atoms with Crippen molar-refractivity contribution in [2.75, 3.05) is 20.2 Å². The van der Waals surface area contributed by atoms with Crippen LogP contribution in [0.3, 0.4) is 0 Å². The van der Waals surface area contributed by atoms with Gasteiger partial charge in [0.15, 0.2) is 0 Å². The van der Waals surface area contributed by atoms with Gasteiger partial charge in [-0.25, -0.2) is 13.2 Å². The molecule has 1 saturated heterocycles. The van der Waals surface area contributed by atoms with Crippen LogP contribution < -0.4 is 10.1 Å². The van der Waals surface area contributed by atoms with Crippen LogP contribution in [0.25, 0.3) is 0 Å². The lowest BCUT2D eigenvalue weighted by atomic mass is 10.1. The fourth-order valence-electron chi connectivity index (χ4n) is 2.81. The van der Waals surface area contributed by atoms with Crippen LogP contribution in [0.5, 0.6) is 5.75 Å². The predicted molar refractivity (Wildman–Crippen MR) is 99.6 cm³/mol. The minimum atomic E-state index is -3.46. The molecule has 146 valence electrons. The summed E-state index contributed by atoms with van der Waals surface area (Å²) >= 11 is 0. The lowest BCUT2D eigenvalue weighted by Crippen LogP contribution is -2.50. The van der Waals surface area contributed by atoms with E-state index in [0.29, 0.717) is 24.3 Å². The van der Waals surface area contributed by atoms with Crippen molar-refractivity contribution in [1.82, 2.24) is 9.62 Å². The molecule has 8 heteroatoms. The van der Waals surface area contributed by atoms with Crippen LogP contribution in [0, 0.1) is 0 Å². The minimum Gasteiger partial charge on any atom is -0.497 e. The standard InChI is InChI=1S/C18H28N2O5S/c1-18(2,3)25-17(21)19-15-6-5-11-20(12-15)26(22,23)13-14-7-9-16(24-4)10-8-14/h7-10,15H,5-6,11-13H2,1-4H3,(H,19,21)/t15-/m0/s1. The Morgan fingerprint density at radius 3 is 2.50 bits per heavy atom. The Kier molecular flexibility index (Phi) is 6.52. The van der Waals surface area contributed by atoms with Gasteiger partial charge in [-0.1, -0.05) is 12.1 Å². The van der Waals surface area contributed by atoms with E-state index in [4.69, 9.17) is 9.47 Å². The Balaban J connectivity index is 1.97. The minimum absolute atomic E-state index is 0.0733. The van der Waals surface area contributed by atoms with Crippen molar-refractivity contribution in [1.29, 1.82) is 0 Å². The number of nitrogens with zero attached hydrogens (tertiary/aromatic N) is 1. The van der Waals surface area contributed by atoms with Crippen molar-refractivity contribution >= 4 is 16.1 Å². The van der Waals surface area contributed by atoms with Gasteiger partial charge in [-0.15, -0.1) is 0 Å². The molecule has 1 atom stereocenters. The number of sulfonamides is 1. The maximum absolute atomic E-state index is 12.7. The third kappa shape index (κ3) is 6.17. The van der Waals surface area contributed by atoms with E-state index in [-0.39, 0.29) is 18.3 Å². The van der Waals surface area contributed by atoms with Crippen LogP contribution in [-0.4, -0.2) is 50.7 Å². The lowest BCUT2D eigenvalue weighted by molar-refractivity contribution is 0.0487. The zero-order chi connectivity index (χ0) is 19.4. The maximum Gasteiger partial charge on any atom is 0.407 e. The number of ether oxygens (including phenoxy) is 2. The molecule has 0 radical (unpaired) electrons. The molecule has 1 aliphatic rings. The van der Waals surface area contributed by atoms with Gasteiger partial charge >= 0.3 is 6.09 Å². The number of nitrogens with one attached hydrogen (secondary N) is 1. The largest absolute Gasteiger partial charge is 0.497 e. The molecule has 1 amide bonds. The van der Waals surface area contributed by atoms with Gasteiger partial charge in [0.25, 0.3) is 0 Å². The van der Waals surface area contributed by atoms with Crippen LogP contribution in [0.1, 0.15) is 39.2 Å². The van der Waals surface area contributed by atoms with E-state index in [2.05, 4.69) is 5.32 Å². The molecule has 26 heavy (non-hydrogen) atoms. The quantitative estimate of drug-likeness (QED) is 0.843. The van der Waals surface area contributed by atoms with E-state index in [9.17, 15) is 13.2 Å².